The number of halogens is 4. The van der Waals surface area contributed by atoms with Gasteiger partial charge in [-0.2, -0.15) is 0 Å². The largest absolute Gasteiger partial charge is 0.458 e. The molecule has 0 aromatic heterocycles. The molecule has 0 aliphatic carbocycles. The van der Waals surface area contributed by atoms with Gasteiger partial charge < -0.3 is 9.47 Å². The monoisotopic (exact) mass is 632 g/mol. The van der Waals surface area contributed by atoms with E-state index >= 15 is 0 Å². The van der Waals surface area contributed by atoms with Gasteiger partial charge in [-0.15, -0.1) is 0 Å². The van der Waals surface area contributed by atoms with Crippen molar-refractivity contribution in [3.8, 4) is 0 Å². The number of hydrogen-bond donors (Lipinski definition) is 0. The van der Waals surface area contributed by atoms with Gasteiger partial charge in [-0.25, -0.2) is 9.59 Å². The predicted octanol–water partition coefficient (Wildman–Crippen LogP) is 3.95. The molecule has 108 valence electrons. The first-order valence-electron chi connectivity index (χ1n) is 5.16. The van der Waals surface area contributed by atoms with Gasteiger partial charge in [0.05, 0.1) is 5.56 Å². The van der Waals surface area contributed by atoms with Crippen molar-refractivity contribution in [3.05, 3.63) is 40.0 Å². The molecule has 0 saturated carbocycles. The Hall–Kier alpha value is 0.380. The van der Waals surface area contributed by atoms with Crippen LogP contribution in [-0.2, 0) is 14.3 Å². The van der Waals surface area contributed by atoms with Crippen LogP contribution >= 0.6 is 79.4 Å². The van der Waals surface area contributed by atoms with Gasteiger partial charge in [0.25, 0.3) is 0 Å². The summed E-state index contributed by atoms with van der Waals surface area (Å²) in [6.07, 6.45) is 0. The number of benzene rings is 1. The summed E-state index contributed by atoms with van der Waals surface area (Å²) in [5.74, 6) is -1.17. The molecule has 4 nitrogen and oxygen atoms in total. The number of ether oxygens (including phenoxy) is 2. The fourth-order valence-electron chi connectivity index (χ4n) is 1.13. The van der Waals surface area contributed by atoms with Crippen LogP contribution in [-0.4, -0.2) is 25.2 Å². The van der Waals surface area contributed by atoms with Gasteiger partial charge in [-0.3, -0.25) is 0 Å². The quantitative estimate of drug-likeness (QED) is 0.162. The lowest BCUT2D eigenvalue weighted by Crippen LogP contribution is -2.15. The Labute approximate surface area is 162 Å². The van der Waals surface area contributed by atoms with Gasteiger partial charge in [0, 0.05) is 10.7 Å². The standard InChI is InChI=1S/C12H8ClI3O4/c1-6(13)11(17)19-2-3-20-12(18)8-4-7(14)5-9(15)10(8)16/h4-5H,1-3H2. The average molecular weight is 632 g/mol. The molecule has 0 spiro atoms. The Balaban J connectivity index is 2.56. The zero-order chi connectivity index (χ0) is 15.3. The van der Waals surface area contributed by atoms with Crippen LogP contribution in [0.5, 0.6) is 0 Å². The Morgan fingerprint density at radius 1 is 1.15 bits per heavy atom. The first kappa shape index (κ1) is 18.4. The minimum atomic E-state index is -0.721. The van der Waals surface area contributed by atoms with Crippen LogP contribution in [0.4, 0.5) is 0 Å². The number of carbonyl (C=O) groups is 2. The lowest BCUT2D eigenvalue weighted by Gasteiger charge is -2.08. The number of rotatable bonds is 5. The molecule has 0 saturated heterocycles. The summed E-state index contributed by atoms with van der Waals surface area (Å²) in [7, 11) is 0. The molecule has 1 aromatic carbocycles. The topological polar surface area (TPSA) is 52.6 Å². The molecule has 0 amide bonds. The molecule has 8 heteroatoms. The van der Waals surface area contributed by atoms with E-state index in [9.17, 15) is 9.59 Å². The molecule has 1 rings (SSSR count). The number of esters is 2. The molecule has 0 heterocycles. The third kappa shape index (κ3) is 5.64. The Morgan fingerprint density at radius 3 is 2.35 bits per heavy atom. The molecule has 1 aromatic rings. The molecule has 20 heavy (non-hydrogen) atoms. The van der Waals surface area contributed by atoms with E-state index in [0.29, 0.717) is 5.56 Å². The van der Waals surface area contributed by atoms with Gasteiger partial charge in [0.2, 0.25) is 0 Å². The van der Waals surface area contributed by atoms with Crippen molar-refractivity contribution in [3.63, 3.8) is 0 Å². The van der Waals surface area contributed by atoms with Crippen molar-refractivity contribution in [2.24, 2.45) is 0 Å². The van der Waals surface area contributed by atoms with Crippen molar-refractivity contribution in [1.29, 1.82) is 0 Å². The summed E-state index contributed by atoms with van der Waals surface area (Å²) in [6, 6.07) is 3.72. The molecular weight excluding hydrogens is 624 g/mol. The third-order valence-electron chi connectivity index (χ3n) is 1.98. The van der Waals surface area contributed by atoms with Crippen LogP contribution < -0.4 is 0 Å². The minimum absolute atomic E-state index is 0.0348. The first-order valence-corrected chi connectivity index (χ1v) is 8.77. The van der Waals surface area contributed by atoms with E-state index in [1.54, 1.807) is 6.07 Å². The maximum Gasteiger partial charge on any atom is 0.349 e. The highest BCUT2D eigenvalue weighted by atomic mass is 127. The van der Waals surface area contributed by atoms with E-state index in [2.05, 4.69) is 74.4 Å². The summed E-state index contributed by atoms with van der Waals surface area (Å²) in [6.45, 7) is 3.13. The van der Waals surface area contributed by atoms with Crippen LogP contribution in [0.3, 0.4) is 0 Å². The van der Waals surface area contributed by atoms with E-state index in [-0.39, 0.29) is 18.2 Å². The van der Waals surface area contributed by atoms with Crippen LogP contribution in [0.25, 0.3) is 0 Å². The highest BCUT2D eigenvalue weighted by Crippen LogP contribution is 2.23. The van der Waals surface area contributed by atoms with Crippen LogP contribution in [0, 0.1) is 10.7 Å². The van der Waals surface area contributed by atoms with Crippen LogP contribution in [0.1, 0.15) is 10.4 Å². The number of carbonyl (C=O) groups excluding carboxylic acids is 2. The van der Waals surface area contributed by atoms with Crippen LogP contribution in [0.2, 0.25) is 0 Å². The Bertz CT molecular complexity index is 560. The summed E-state index contributed by atoms with van der Waals surface area (Å²) >= 11 is 11.7. The maximum absolute atomic E-state index is 11.9. The summed E-state index contributed by atoms with van der Waals surface area (Å²) < 4.78 is 12.5. The van der Waals surface area contributed by atoms with E-state index in [4.69, 9.17) is 21.1 Å². The lowest BCUT2D eigenvalue weighted by atomic mass is 10.2. The van der Waals surface area contributed by atoms with E-state index in [1.807, 2.05) is 6.07 Å². The molecule has 0 radical (unpaired) electrons. The molecule has 0 N–H and O–H groups in total. The fourth-order valence-corrected chi connectivity index (χ4v) is 3.56. The minimum Gasteiger partial charge on any atom is -0.458 e. The number of hydrogen-bond acceptors (Lipinski definition) is 4. The lowest BCUT2D eigenvalue weighted by molar-refractivity contribution is -0.139. The maximum atomic E-state index is 11.9. The molecule has 0 atom stereocenters. The van der Waals surface area contributed by atoms with Gasteiger partial charge >= 0.3 is 11.9 Å². The van der Waals surface area contributed by atoms with E-state index in [1.165, 1.54) is 0 Å². The normalized spacial score (nSPS) is 10.0. The molecule has 0 fully saturated rings. The second-order valence-electron chi connectivity index (χ2n) is 3.43. The molecular formula is C12H8ClI3O4. The summed E-state index contributed by atoms with van der Waals surface area (Å²) in [5.41, 5.74) is 0.495. The van der Waals surface area contributed by atoms with Gasteiger partial charge in [-0.1, -0.05) is 18.2 Å². The second-order valence-corrected chi connectivity index (χ2v) is 7.37. The fraction of sp³-hybridized carbons (Fsp3) is 0.167. The highest BCUT2D eigenvalue weighted by Gasteiger charge is 2.15. The van der Waals surface area contributed by atoms with E-state index in [0.717, 1.165) is 10.7 Å². The highest BCUT2D eigenvalue weighted by molar-refractivity contribution is 14.1. The smallest absolute Gasteiger partial charge is 0.349 e. The molecule has 0 unspecified atom stereocenters. The Morgan fingerprint density at radius 2 is 1.75 bits per heavy atom. The van der Waals surface area contributed by atoms with Gasteiger partial charge in [0.15, 0.2) is 0 Å². The predicted molar refractivity (Wildman–Crippen MR) is 101 cm³/mol. The van der Waals surface area contributed by atoms with Crippen molar-refractivity contribution < 1.29 is 19.1 Å². The summed E-state index contributed by atoms with van der Waals surface area (Å²) in [5, 5.41) is -0.210. The zero-order valence-corrected chi connectivity index (χ0v) is 17.1. The van der Waals surface area contributed by atoms with Gasteiger partial charge in [-0.05, 0) is 79.9 Å². The second kappa shape index (κ2) is 8.73. The van der Waals surface area contributed by atoms with Crippen molar-refractivity contribution >= 4 is 91.3 Å². The summed E-state index contributed by atoms with van der Waals surface area (Å²) in [4.78, 5) is 22.9. The zero-order valence-electron chi connectivity index (χ0n) is 9.92. The Kier molecular flexibility index (Phi) is 8.05. The van der Waals surface area contributed by atoms with Gasteiger partial charge in [0.1, 0.15) is 18.2 Å². The third-order valence-corrected chi connectivity index (χ3v) is 5.81. The molecule has 0 bridgehead atoms. The van der Waals surface area contributed by atoms with Crippen molar-refractivity contribution in [1.82, 2.24) is 0 Å². The SMILES string of the molecule is C=C(Cl)C(=O)OCCOC(=O)c1cc(I)cc(I)c1I. The average Bonchev–Trinajstić information content (AvgIpc) is 2.38. The molecule has 0 aliphatic rings. The van der Waals surface area contributed by atoms with Crippen molar-refractivity contribution in [2.45, 2.75) is 0 Å². The molecule has 0 aliphatic heterocycles. The van der Waals surface area contributed by atoms with Crippen LogP contribution in [0.15, 0.2) is 23.7 Å². The first-order chi connectivity index (χ1) is 9.32. The van der Waals surface area contributed by atoms with Crippen molar-refractivity contribution in [2.75, 3.05) is 13.2 Å². The van der Waals surface area contributed by atoms with E-state index < -0.39 is 11.9 Å².